The van der Waals surface area contributed by atoms with Crippen LogP contribution in [0.4, 0.5) is 13.2 Å². The molecule has 1 aromatic rings. The third kappa shape index (κ3) is 3.45. The summed E-state index contributed by atoms with van der Waals surface area (Å²) < 4.78 is 37.4. The molecule has 0 radical (unpaired) electrons. The maximum atomic E-state index is 12.1. The molecular weight excluding hydrogens is 306 g/mol. The van der Waals surface area contributed by atoms with Gasteiger partial charge in [-0.05, 0) is 47.3 Å². The Bertz CT molecular complexity index is 294. The van der Waals surface area contributed by atoms with Crippen LogP contribution in [0.2, 0.25) is 0 Å². The summed E-state index contributed by atoms with van der Waals surface area (Å²) in [6, 6.07) is 6.98. The van der Waals surface area contributed by atoms with E-state index in [1.54, 1.807) is 24.3 Å². The van der Waals surface area contributed by atoms with Crippen molar-refractivity contribution in [1.82, 2.24) is 4.90 Å². The lowest BCUT2D eigenvalue weighted by Crippen LogP contribution is -2.33. The van der Waals surface area contributed by atoms with E-state index in [1.807, 2.05) is 0 Å². The van der Waals surface area contributed by atoms with Crippen molar-refractivity contribution in [2.45, 2.75) is 12.8 Å². The molecule has 0 atom stereocenters. The molecule has 0 aromatic heterocycles. The Morgan fingerprint density at radius 1 is 1.21 bits per heavy atom. The molecular formula is C9H9F3IN. The lowest BCUT2D eigenvalue weighted by molar-refractivity contribution is -0.240. The standard InChI is InChI=1S/C9H9F3IN/c1-14(9(10,11)12)6-7-2-4-8(13)5-3-7/h2-5H,6H2,1H3. The second-order valence-corrected chi connectivity index (χ2v) is 4.20. The SMILES string of the molecule is CN(Cc1ccc(I)cc1)C(F)(F)F. The zero-order valence-corrected chi connectivity index (χ0v) is 9.63. The van der Waals surface area contributed by atoms with Crippen molar-refractivity contribution in [1.29, 1.82) is 0 Å². The van der Waals surface area contributed by atoms with E-state index in [4.69, 9.17) is 0 Å². The van der Waals surface area contributed by atoms with Crippen LogP contribution in [0.3, 0.4) is 0 Å². The number of alkyl halides is 3. The molecule has 1 aromatic carbocycles. The van der Waals surface area contributed by atoms with Gasteiger partial charge in [0.05, 0.1) is 0 Å². The summed E-state index contributed by atoms with van der Waals surface area (Å²) in [5, 5.41) is 0. The second-order valence-electron chi connectivity index (χ2n) is 2.95. The monoisotopic (exact) mass is 315 g/mol. The summed E-state index contributed by atoms with van der Waals surface area (Å²) in [6.07, 6.45) is -4.26. The zero-order valence-electron chi connectivity index (χ0n) is 7.48. The van der Waals surface area contributed by atoms with Crippen molar-refractivity contribution < 1.29 is 13.2 Å². The quantitative estimate of drug-likeness (QED) is 0.598. The van der Waals surface area contributed by atoms with Crippen molar-refractivity contribution in [3.63, 3.8) is 0 Å². The number of hydrogen-bond acceptors (Lipinski definition) is 1. The van der Waals surface area contributed by atoms with Crippen LogP contribution in [0.15, 0.2) is 24.3 Å². The molecule has 0 amide bonds. The van der Waals surface area contributed by atoms with Crippen LogP contribution in [-0.2, 0) is 6.54 Å². The van der Waals surface area contributed by atoms with E-state index in [-0.39, 0.29) is 6.54 Å². The van der Waals surface area contributed by atoms with E-state index in [0.717, 1.165) is 10.6 Å². The van der Waals surface area contributed by atoms with Gasteiger partial charge in [0, 0.05) is 10.1 Å². The zero-order chi connectivity index (χ0) is 10.8. The van der Waals surface area contributed by atoms with Gasteiger partial charge in [-0.25, -0.2) is 4.90 Å². The molecule has 5 heteroatoms. The second kappa shape index (κ2) is 4.48. The molecule has 78 valence electrons. The van der Waals surface area contributed by atoms with Crippen LogP contribution in [0.5, 0.6) is 0 Å². The lowest BCUT2D eigenvalue weighted by Gasteiger charge is -2.19. The fourth-order valence-corrected chi connectivity index (χ4v) is 1.31. The van der Waals surface area contributed by atoms with Gasteiger partial charge in [0.1, 0.15) is 0 Å². The van der Waals surface area contributed by atoms with Gasteiger partial charge in [0.15, 0.2) is 0 Å². The van der Waals surface area contributed by atoms with Gasteiger partial charge in [-0.1, -0.05) is 12.1 Å². The highest BCUT2D eigenvalue weighted by Crippen LogP contribution is 2.21. The molecule has 0 unspecified atom stereocenters. The maximum absolute atomic E-state index is 12.1. The summed E-state index contributed by atoms with van der Waals surface area (Å²) in [5.74, 6) is 0. The van der Waals surface area contributed by atoms with Crippen molar-refractivity contribution in [2.24, 2.45) is 0 Å². The molecule has 1 nitrogen and oxygen atoms in total. The van der Waals surface area contributed by atoms with Crippen LogP contribution >= 0.6 is 22.6 Å². The van der Waals surface area contributed by atoms with E-state index in [0.29, 0.717) is 10.5 Å². The minimum atomic E-state index is -4.26. The molecule has 0 saturated heterocycles. The van der Waals surface area contributed by atoms with Crippen LogP contribution in [0.1, 0.15) is 5.56 Å². The largest absolute Gasteiger partial charge is 0.459 e. The Labute approximate surface area is 94.0 Å². The Kier molecular flexibility index (Phi) is 3.77. The number of hydrogen-bond donors (Lipinski definition) is 0. The highest BCUT2D eigenvalue weighted by Gasteiger charge is 2.33. The highest BCUT2D eigenvalue weighted by molar-refractivity contribution is 14.1. The Balaban J connectivity index is 2.65. The minimum absolute atomic E-state index is 0.111. The number of benzene rings is 1. The predicted molar refractivity (Wildman–Crippen MR) is 56.7 cm³/mol. The fraction of sp³-hybridized carbons (Fsp3) is 0.333. The number of rotatable bonds is 2. The summed E-state index contributed by atoms with van der Waals surface area (Å²) in [7, 11) is 1.04. The smallest absolute Gasteiger partial charge is 0.213 e. The molecule has 14 heavy (non-hydrogen) atoms. The molecule has 0 bridgehead atoms. The number of nitrogens with zero attached hydrogens (tertiary/aromatic N) is 1. The first-order valence-electron chi connectivity index (χ1n) is 3.92. The molecule has 0 aliphatic rings. The summed E-state index contributed by atoms with van der Waals surface area (Å²) in [5.41, 5.74) is 0.658. The molecule has 0 fully saturated rings. The predicted octanol–water partition coefficient (Wildman–Crippen LogP) is 3.24. The maximum Gasteiger partial charge on any atom is 0.459 e. The van der Waals surface area contributed by atoms with E-state index in [1.165, 1.54) is 0 Å². The molecule has 0 aliphatic carbocycles. The van der Waals surface area contributed by atoms with Gasteiger partial charge in [0.25, 0.3) is 0 Å². The van der Waals surface area contributed by atoms with Crippen LogP contribution in [0, 0.1) is 3.57 Å². The Morgan fingerprint density at radius 3 is 2.14 bits per heavy atom. The average molecular weight is 315 g/mol. The first-order chi connectivity index (χ1) is 6.39. The van der Waals surface area contributed by atoms with E-state index >= 15 is 0 Å². The van der Waals surface area contributed by atoms with Crippen LogP contribution < -0.4 is 0 Å². The van der Waals surface area contributed by atoms with Crippen LogP contribution in [-0.4, -0.2) is 18.2 Å². The summed E-state index contributed by atoms with van der Waals surface area (Å²) in [4.78, 5) is 0.356. The third-order valence-electron chi connectivity index (χ3n) is 1.77. The van der Waals surface area contributed by atoms with Gasteiger partial charge in [-0.15, -0.1) is 0 Å². The molecule has 0 saturated carbocycles. The molecule has 0 N–H and O–H groups in total. The minimum Gasteiger partial charge on any atom is -0.213 e. The number of halogens is 4. The van der Waals surface area contributed by atoms with Crippen LogP contribution in [0.25, 0.3) is 0 Å². The van der Waals surface area contributed by atoms with Gasteiger partial charge in [0.2, 0.25) is 0 Å². The van der Waals surface area contributed by atoms with E-state index in [2.05, 4.69) is 22.6 Å². The first kappa shape index (κ1) is 11.8. The summed E-state index contributed by atoms with van der Waals surface area (Å²) in [6.45, 7) is -0.111. The Morgan fingerprint density at radius 2 is 1.71 bits per heavy atom. The highest BCUT2D eigenvalue weighted by atomic mass is 127. The average Bonchev–Trinajstić information content (AvgIpc) is 2.07. The molecule has 0 aliphatic heterocycles. The molecule has 0 heterocycles. The fourth-order valence-electron chi connectivity index (χ4n) is 0.953. The van der Waals surface area contributed by atoms with Gasteiger partial charge >= 0.3 is 6.30 Å². The van der Waals surface area contributed by atoms with Crippen molar-refractivity contribution in [3.8, 4) is 0 Å². The third-order valence-corrected chi connectivity index (χ3v) is 2.48. The Hall–Kier alpha value is -0.300. The van der Waals surface area contributed by atoms with Gasteiger partial charge in [-0.2, -0.15) is 13.2 Å². The topological polar surface area (TPSA) is 3.24 Å². The van der Waals surface area contributed by atoms with Crippen molar-refractivity contribution in [3.05, 3.63) is 33.4 Å². The summed E-state index contributed by atoms with van der Waals surface area (Å²) >= 11 is 2.11. The van der Waals surface area contributed by atoms with Gasteiger partial charge in [-0.3, -0.25) is 0 Å². The van der Waals surface area contributed by atoms with E-state index in [9.17, 15) is 13.2 Å². The van der Waals surface area contributed by atoms with Gasteiger partial charge < -0.3 is 0 Å². The van der Waals surface area contributed by atoms with Crippen molar-refractivity contribution in [2.75, 3.05) is 7.05 Å². The first-order valence-corrected chi connectivity index (χ1v) is 5.00. The van der Waals surface area contributed by atoms with E-state index < -0.39 is 6.30 Å². The van der Waals surface area contributed by atoms with Crippen molar-refractivity contribution >= 4 is 22.6 Å². The normalized spacial score (nSPS) is 12.1. The molecule has 1 rings (SSSR count). The lowest BCUT2D eigenvalue weighted by atomic mass is 10.2. The molecule has 0 spiro atoms.